The molecular weight excluding hydrogens is 140 g/mol. The van der Waals surface area contributed by atoms with Gasteiger partial charge >= 0.3 is 0 Å². The molecule has 0 aromatic heterocycles. The summed E-state index contributed by atoms with van der Waals surface area (Å²) in [6.45, 7) is 3.18. The van der Waals surface area contributed by atoms with Gasteiger partial charge in [0.1, 0.15) is 11.6 Å². The summed E-state index contributed by atoms with van der Waals surface area (Å²) in [6.07, 6.45) is 2.87. The van der Waals surface area contributed by atoms with Crippen LogP contribution in [-0.2, 0) is 9.59 Å². The summed E-state index contributed by atoms with van der Waals surface area (Å²) < 4.78 is 0. The highest BCUT2D eigenvalue weighted by molar-refractivity contribution is 5.87. The van der Waals surface area contributed by atoms with Crippen molar-refractivity contribution in [3.05, 3.63) is 0 Å². The Kier molecular flexibility index (Phi) is 2.42. The van der Waals surface area contributed by atoms with Gasteiger partial charge in [-0.05, 0) is 26.7 Å². The van der Waals surface area contributed by atoms with Crippen LogP contribution in [0.2, 0.25) is 0 Å². The van der Waals surface area contributed by atoms with E-state index in [1.807, 2.05) is 0 Å². The zero-order chi connectivity index (χ0) is 8.43. The van der Waals surface area contributed by atoms with Gasteiger partial charge in [-0.25, -0.2) is 0 Å². The normalized spacial score (nSPS) is 30.4. The van der Waals surface area contributed by atoms with E-state index in [1.165, 1.54) is 0 Å². The quantitative estimate of drug-likeness (QED) is 0.605. The molecule has 0 bridgehead atoms. The molecule has 0 radical (unpaired) electrons. The van der Waals surface area contributed by atoms with Gasteiger partial charge in [-0.3, -0.25) is 9.59 Å². The van der Waals surface area contributed by atoms with Crippen molar-refractivity contribution in [1.29, 1.82) is 0 Å². The minimum absolute atomic E-state index is 0.0347. The maximum Gasteiger partial charge on any atom is 0.133 e. The number of hydrogen-bond acceptors (Lipinski definition) is 2. The smallest absolute Gasteiger partial charge is 0.133 e. The van der Waals surface area contributed by atoms with E-state index in [0.29, 0.717) is 0 Å². The van der Waals surface area contributed by atoms with Gasteiger partial charge in [0.15, 0.2) is 0 Å². The van der Waals surface area contributed by atoms with Crippen LogP contribution < -0.4 is 0 Å². The second-order valence-electron chi connectivity index (χ2n) is 3.37. The molecule has 0 aromatic rings. The molecule has 0 spiro atoms. The monoisotopic (exact) mass is 154 g/mol. The summed E-state index contributed by atoms with van der Waals surface area (Å²) in [4.78, 5) is 22.0. The summed E-state index contributed by atoms with van der Waals surface area (Å²) in [7, 11) is 0. The van der Waals surface area contributed by atoms with Crippen molar-refractivity contribution in [2.45, 2.75) is 33.1 Å². The van der Waals surface area contributed by atoms with Crippen molar-refractivity contribution in [1.82, 2.24) is 0 Å². The summed E-state index contributed by atoms with van der Waals surface area (Å²) in [5.74, 6) is 0.436. The molecule has 2 nitrogen and oxygen atoms in total. The lowest BCUT2D eigenvalue weighted by Crippen LogP contribution is -2.21. The molecule has 11 heavy (non-hydrogen) atoms. The van der Waals surface area contributed by atoms with Crippen LogP contribution in [0.5, 0.6) is 0 Å². The van der Waals surface area contributed by atoms with Gasteiger partial charge < -0.3 is 0 Å². The third kappa shape index (κ3) is 1.67. The van der Waals surface area contributed by atoms with Crippen LogP contribution >= 0.6 is 0 Å². The third-order valence-corrected chi connectivity index (χ3v) is 2.56. The van der Waals surface area contributed by atoms with Crippen molar-refractivity contribution >= 4 is 11.6 Å². The van der Waals surface area contributed by atoms with Crippen LogP contribution in [0.4, 0.5) is 0 Å². The first-order chi connectivity index (χ1) is 5.13. The standard InChI is InChI=1S/C9H14O2/c1-6(10)8-4-3-5-9(8)7(2)11/h8-9H,3-5H2,1-2H3. The number of carbonyl (C=O) groups is 2. The molecule has 0 saturated heterocycles. The summed E-state index contributed by atoms with van der Waals surface area (Å²) in [5, 5.41) is 0. The Labute approximate surface area is 67.0 Å². The first kappa shape index (κ1) is 8.44. The van der Waals surface area contributed by atoms with Crippen LogP contribution in [0.15, 0.2) is 0 Å². The summed E-state index contributed by atoms with van der Waals surface area (Å²) in [5.41, 5.74) is 0. The molecule has 1 aliphatic carbocycles. The molecule has 1 rings (SSSR count). The summed E-state index contributed by atoms with van der Waals surface area (Å²) >= 11 is 0. The zero-order valence-electron chi connectivity index (χ0n) is 7.09. The predicted molar refractivity (Wildman–Crippen MR) is 42.2 cm³/mol. The molecule has 2 atom stereocenters. The minimum Gasteiger partial charge on any atom is -0.300 e. The van der Waals surface area contributed by atoms with E-state index >= 15 is 0 Å². The molecule has 0 amide bonds. The molecule has 0 heterocycles. The van der Waals surface area contributed by atoms with Crippen LogP contribution in [0.3, 0.4) is 0 Å². The lowest BCUT2D eigenvalue weighted by molar-refractivity contribution is -0.128. The highest BCUT2D eigenvalue weighted by atomic mass is 16.1. The summed E-state index contributed by atoms with van der Waals surface area (Å²) in [6, 6.07) is 0. The van der Waals surface area contributed by atoms with Crippen LogP contribution in [0, 0.1) is 11.8 Å². The second-order valence-corrected chi connectivity index (χ2v) is 3.37. The van der Waals surface area contributed by atoms with Gasteiger partial charge in [-0.2, -0.15) is 0 Å². The first-order valence-corrected chi connectivity index (χ1v) is 4.14. The molecule has 0 aliphatic heterocycles. The van der Waals surface area contributed by atoms with Gasteiger partial charge in [0.25, 0.3) is 0 Å². The van der Waals surface area contributed by atoms with Crippen molar-refractivity contribution in [2.75, 3.05) is 0 Å². The number of ketones is 2. The molecule has 0 N–H and O–H groups in total. The fourth-order valence-corrected chi connectivity index (χ4v) is 1.93. The Balaban J connectivity index is 2.65. The van der Waals surface area contributed by atoms with E-state index in [1.54, 1.807) is 13.8 Å². The Morgan fingerprint density at radius 3 is 1.64 bits per heavy atom. The molecule has 2 unspecified atom stereocenters. The van der Waals surface area contributed by atoms with Crippen molar-refractivity contribution in [3.63, 3.8) is 0 Å². The fraction of sp³-hybridized carbons (Fsp3) is 0.778. The minimum atomic E-state index is 0.0347. The average Bonchev–Trinajstić information content (AvgIpc) is 2.32. The highest BCUT2D eigenvalue weighted by Crippen LogP contribution is 2.32. The Morgan fingerprint density at radius 1 is 1.00 bits per heavy atom. The first-order valence-electron chi connectivity index (χ1n) is 4.14. The van der Waals surface area contributed by atoms with Gasteiger partial charge in [-0.1, -0.05) is 6.42 Å². The molecule has 1 saturated carbocycles. The molecule has 62 valence electrons. The Morgan fingerprint density at radius 2 is 1.36 bits per heavy atom. The number of carbonyl (C=O) groups excluding carboxylic acids is 2. The maximum absolute atomic E-state index is 11.0. The number of rotatable bonds is 2. The third-order valence-electron chi connectivity index (χ3n) is 2.56. The van der Waals surface area contributed by atoms with Gasteiger partial charge in [0.05, 0.1) is 0 Å². The van der Waals surface area contributed by atoms with Crippen molar-refractivity contribution < 1.29 is 9.59 Å². The lowest BCUT2D eigenvalue weighted by atomic mass is 9.90. The van der Waals surface area contributed by atoms with Crippen LogP contribution in [0.25, 0.3) is 0 Å². The Hall–Kier alpha value is -0.660. The van der Waals surface area contributed by atoms with Gasteiger partial charge in [0.2, 0.25) is 0 Å². The van der Waals surface area contributed by atoms with Crippen LogP contribution in [0.1, 0.15) is 33.1 Å². The van der Waals surface area contributed by atoms with E-state index in [2.05, 4.69) is 0 Å². The van der Waals surface area contributed by atoms with Gasteiger partial charge in [0, 0.05) is 11.8 Å². The second kappa shape index (κ2) is 3.16. The van der Waals surface area contributed by atoms with E-state index in [4.69, 9.17) is 0 Å². The fourth-order valence-electron chi connectivity index (χ4n) is 1.93. The van der Waals surface area contributed by atoms with Crippen molar-refractivity contribution in [3.8, 4) is 0 Å². The van der Waals surface area contributed by atoms with E-state index < -0.39 is 0 Å². The molecule has 0 aromatic carbocycles. The average molecular weight is 154 g/mol. The Bertz CT molecular complexity index is 164. The largest absolute Gasteiger partial charge is 0.300 e. The predicted octanol–water partition coefficient (Wildman–Crippen LogP) is 1.58. The van der Waals surface area contributed by atoms with E-state index in [0.717, 1.165) is 19.3 Å². The molecule has 1 aliphatic rings. The highest BCUT2D eigenvalue weighted by Gasteiger charge is 2.33. The number of hydrogen-bond donors (Lipinski definition) is 0. The van der Waals surface area contributed by atoms with E-state index in [9.17, 15) is 9.59 Å². The van der Waals surface area contributed by atoms with Crippen LogP contribution in [-0.4, -0.2) is 11.6 Å². The molecular formula is C9H14O2. The lowest BCUT2D eigenvalue weighted by Gasteiger charge is -2.12. The SMILES string of the molecule is CC(=O)C1CCCC1C(C)=O. The van der Waals surface area contributed by atoms with Gasteiger partial charge in [-0.15, -0.1) is 0 Å². The van der Waals surface area contributed by atoms with E-state index in [-0.39, 0.29) is 23.4 Å². The maximum atomic E-state index is 11.0. The van der Waals surface area contributed by atoms with Crippen molar-refractivity contribution in [2.24, 2.45) is 11.8 Å². The topological polar surface area (TPSA) is 34.1 Å². The molecule has 1 fully saturated rings. The molecule has 2 heteroatoms. The number of Topliss-reactive ketones (excluding diaryl/α,β-unsaturated/α-hetero) is 2. The zero-order valence-corrected chi connectivity index (χ0v) is 7.09.